The van der Waals surface area contributed by atoms with Crippen molar-refractivity contribution in [3.8, 4) is 16.9 Å². The number of phenolic OH excluding ortho intramolecular Hbond substituents is 1. The van der Waals surface area contributed by atoms with Crippen molar-refractivity contribution in [3.63, 3.8) is 0 Å². The van der Waals surface area contributed by atoms with E-state index in [1.165, 1.54) is 0 Å². The number of hydrogen-bond donors (Lipinski definition) is 3. The van der Waals surface area contributed by atoms with Gasteiger partial charge in [0.2, 0.25) is 5.91 Å². The van der Waals surface area contributed by atoms with E-state index >= 15 is 0 Å². The lowest BCUT2D eigenvalue weighted by molar-refractivity contribution is -0.120. The zero-order valence-corrected chi connectivity index (χ0v) is 23.5. The number of hydrogen-bond acceptors (Lipinski definition) is 6. The number of carboxylic acid groups (broad SMARTS) is 1. The van der Waals surface area contributed by atoms with Gasteiger partial charge >= 0.3 is 5.97 Å². The van der Waals surface area contributed by atoms with E-state index in [1.807, 2.05) is 62.4 Å². The highest BCUT2D eigenvalue weighted by molar-refractivity contribution is 6.07. The second-order valence-electron chi connectivity index (χ2n) is 10.7. The third kappa shape index (κ3) is 5.13. The number of morpholine rings is 1. The second-order valence-corrected chi connectivity index (χ2v) is 10.7. The highest BCUT2D eigenvalue weighted by Crippen LogP contribution is 2.46. The summed E-state index contributed by atoms with van der Waals surface area (Å²) in [6.07, 6.45) is 1.57. The summed E-state index contributed by atoms with van der Waals surface area (Å²) in [5, 5.41) is 25.9. The first-order valence-electron chi connectivity index (χ1n) is 13.9. The molecule has 0 aliphatic carbocycles. The molecule has 216 valence electrons. The monoisotopic (exact) mass is 569 g/mol. The number of carbonyl (C=O) groups is 1. The first-order valence-corrected chi connectivity index (χ1v) is 13.9. The third-order valence-corrected chi connectivity index (χ3v) is 7.87. The maximum Gasteiger partial charge on any atom is 0.500 e. The van der Waals surface area contributed by atoms with E-state index in [-0.39, 0.29) is 30.7 Å². The molecule has 1 aliphatic rings. The number of carbonyl (C=O) groups excluding carboxylic acids is 1. The largest absolute Gasteiger partial charge is 0.508 e. The summed E-state index contributed by atoms with van der Waals surface area (Å²) in [6.45, 7) is 6.19. The Morgan fingerprint density at radius 2 is 1.81 bits per heavy atom. The molecule has 42 heavy (non-hydrogen) atoms. The van der Waals surface area contributed by atoms with E-state index in [1.54, 1.807) is 12.3 Å². The fourth-order valence-corrected chi connectivity index (χ4v) is 5.95. The minimum atomic E-state index is -0.855. The number of amides is 1. The van der Waals surface area contributed by atoms with Gasteiger partial charge in [-0.15, -0.1) is 0 Å². The molecule has 0 bridgehead atoms. The molecule has 1 saturated heterocycles. The molecule has 0 saturated carbocycles. The number of aliphatic hydroxyl groups excluding tert-OH is 1. The van der Waals surface area contributed by atoms with Crippen LogP contribution in [0.4, 0.5) is 0 Å². The Balaban J connectivity index is 1.50. The Kier molecular flexibility index (Phi) is 7.45. The quantitative estimate of drug-likeness (QED) is 0.216. The number of fused-ring (bicyclic) bond motifs is 2. The molecule has 5 aromatic rings. The number of nitrogens with one attached hydrogen (secondary N) is 1. The average molecular weight is 570 g/mol. The zero-order chi connectivity index (χ0) is 29.4. The van der Waals surface area contributed by atoms with Crippen LogP contribution in [-0.4, -0.2) is 64.6 Å². The van der Waals surface area contributed by atoms with Crippen LogP contribution in [0.5, 0.6) is 5.75 Å². The minimum Gasteiger partial charge on any atom is -0.508 e. The van der Waals surface area contributed by atoms with Crippen molar-refractivity contribution in [2.45, 2.75) is 26.3 Å². The Hall–Kier alpha value is -4.60. The molecule has 1 atom stereocenters. The van der Waals surface area contributed by atoms with Crippen LogP contribution in [0.2, 0.25) is 0 Å². The Bertz CT molecular complexity index is 1800. The van der Waals surface area contributed by atoms with Crippen LogP contribution in [0, 0.1) is 13.8 Å². The molecule has 1 fully saturated rings. The van der Waals surface area contributed by atoms with Crippen LogP contribution in [0.25, 0.3) is 32.9 Å². The van der Waals surface area contributed by atoms with Gasteiger partial charge < -0.3 is 33.9 Å². The molecule has 1 amide bonds. The molecule has 1 aliphatic heterocycles. The highest BCUT2D eigenvalue weighted by atomic mass is 16.5. The number of aryl methyl sites for hydroxylation is 2. The van der Waals surface area contributed by atoms with Crippen molar-refractivity contribution in [1.82, 2.24) is 10.2 Å². The lowest BCUT2D eigenvalue weighted by Gasteiger charge is -2.34. The fraction of sp³-hybridized carbons (Fsp3) is 0.273. The Labute approximate surface area is 242 Å². The van der Waals surface area contributed by atoms with Gasteiger partial charge in [0.15, 0.2) is 6.54 Å². The number of rotatable bonds is 8. The normalized spacial score (nSPS) is 14.8. The number of nitrogens with zero attached hydrogens (tertiary/aromatic N) is 1. The van der Waals surface area contributed by atoms with Crippen LogP contribution in [0.1, 0.15) is 34.3 Å². The molecule has 9 nitrogen and oxygen atoms in total. The summed E-state index contributed by atoms with van der Waals surface area (Å²) in [6, 6.07) is 17.3. The molecule has 4 N–H and O–H groups in total. The summed E-state index contributed by atoms with van der Waals surface area (Å²) in [4.78, 5) is 23.7. The van der Waals surface area contributed by atoms with Gasteiger partial charge in [0.1, 0.15) is 22.9 Å². The number of carboxylic acids is 1. The van der Waals surface area contributed by atoms with Crippen LogP contribution >= 0.6 is 0 Å². The van der Waals surface area contributed by atoms with Gasteiger partial charge in [-0.3, -0.25) is 9.69 Å². The Morgan fingerprint density at radius 3 is 2.52 bits per heavy atom. The van der Waals surface area contributed by atoms with E-state index in [0.29, 0.717) is 37.4 Å². The SMILES string of the molecule is Cc1ccc(C(c2c(O)cc(-c3c(C)ccc4c(CC(=O)NCC(O)=[OH+])coc34)c3ccccc23)N2CCOCC2)o1. The second kappa shape index (κ2) is 11.3. The van der Waals surface area contributed by atoms with Gasteiger partial charge in [0, 0.05) is 35.2 Å². The standard InChI is InChI=1S/C33H32N2O7/c1-19-7-9-22-21(15-28(37)34-17-29(38)39)18-41-33(22)30(19)25-16-26(36)31(24-6-4-3-5-23(24)25)32(27-10-8-20(2)42-27)35-11-13-40-14-12-35/h3-10,16,18,32,36H,11-15,17H2,1-2H3,(H,34,37)(H,38,39)/p+1. The summed E-state index contributed by atoms with van der Waals surface area (Å²) in [5.41, 5.74) is 4.66. The summed E-state index contributed by atoms with van der Waals surface area (Å²) in [7, 11) is 0. The highest BCUT2D eigenvalue weighted by Gasteiger charge is 2.32. The predicted octanol–water partition coefficient (Wildman–Crippen LogP) is 5.31. The maximum atomic E-state index is 12.4. The number of benzene rings is 3. The number of aromatic hydroxyl groups is 1. The smallest absolute Gasteiger partial charge is 0.500 e. The number of aliphatic carboxylic acids is 1. The van der Waals surface area contributed by atoms with E-state index in [0.717, 1.165) is 49.9 Å². The number of ether oxygens (including phenoxy) is 1. The van der Waals surface area contributed by atoms with Crippen molar-refractivity contribution >= 4 is 33.6 Å². The van der Waals surface area contributed by atoms with E-state index in [2.05, 4.69) is 10.2 Å². The van der Waals surface area contributed by atoms with Gasteiger partial charge in [0.25, 0.3) is 0 Å². The van der Waals surface area contributed by atoms with E-state index in [4.69, 9.17) is 23.5 Å². The zero-order valence-electron chi connectivity index (χ0n) is 23.5. The van der Waals surface area contributed by atoms with Crippen LogP contribution < -0.4 is 5.32 Å². The molecule has 3 aromatic carbocycles. The first-order chi connectivity index (χ1) is 20.3. The molecular formula is C33H33N2O7+. The number of phenols is 1. The topological polar surface area (TPSA) is 130 Å². The van der Waals surface area contributed by atoms with Crippen LogP contribution in [-0.2, 0) is 16.0 Å². The third-order valence-electron chi connectivity index (χ3n) is 7.87. The number of furan rings is 2. The van der Waals surface area contributed by atoms with Gasteiger partial charge in [-0.2, -0.15) is 0 Å². The summed E-state index contributed by atoms with van der Waals surface area (Å²) < 4.78 is 17.8. The van der Waals surface area contributed by atoms with Gasteiger partial charge in [-0.25, -0.2) is 0 Å². The molecule has 3 heterocycles. The average Bonchev–Trinajstić information content (AvgIpc) is 3.59. The molecule has 1 unspecified atom stereocenters. The van der Waals surface area contributed by atoms with E-state index in [9.17, 15) is 9.90 Å². The van der Waals surface area contributed by atoms with E-state index < -0.39 is 5.97 Å². The van der Waals surface area contributed by atoms with Crippen molar-refractivity contribution in [1.29, 1.82) is 0 Å². The maximum absolute atomic E-state index is 12.4. The fourth-order valence-electron chi connectivity index (χ4n) is 5.95. The van der Waals surface area contributed by atoms with Crippen molar-refractivity contribution in [2.24, 2.45) is 0 Å². The first kappa shape index (κ1) is 27.6. The van der Waals surface area contributed by atoms with Crippen molar-refractivity contribution < 1.29 is 33.4 Å². The van der Waals surface area contributed by atoms with Gasteiger partial charge in [-0.1, -0.05) is 36.4 Å². The van der Waals surface area contributed by atoms with Crippen LogP contribution in [0.15, 0.2) is 69.7 Å². The molecule has 2 aromatic heterocycles. The lowest BCUT2D eigenvalue weighted by atomic mass is 9.87. The predicted molar refractivity (Wildman–Crippen MR) is 160 cm³/mol. The van der Waals surface area contributed by atoms with Gasteiger partial charge in [-0.05, 0) is 53.9 Å². The lowest BCUT2D eigenvalue weighted by Crippen LogP contribution is -2.39. The Morgan fingerprint density at radius 1 is 1.05 bits per heavy atom. The van der Waals surface area contributed by atoms with Crippen LogP contribution in [0.3, 0.4) is 0 Å². The molecule has 0 radical (unpaired) electrons. The molecule has 9 heteroatoms. The van der Waals surface area contributed by atoms with Crippen molar-refractivity contribution in [2.75, 3.05) is 32.8 Å². The van der Waals surface area contributed by atoms with Gasteiger partial charge in [0.05, 0.1) is 31.9 Å². The molecule has 6 rings (SSSR count). The summed E-state index contributed by atoms with van der Waals surface area (Å²) >= 11 is 0. The minimum absolute atomic E-state index is 0.0114. The molecule has 0 spiro atoms. The molecular weight excluding hydrogens is 536 g/mol. The van der Waals surface area contributed by atoms with Crippen molar-refractivity contribution in [3.05, 3.63) is 89.1 Å². The summed E-state index contributed by atoms with van der Waals surface area (Å²) in [5.74, 6) is 0.500.